The van der Waals surface area contributed by atoms with Crippen LogP contribution in [0.2, 0.25) is 0 Å². The predicted octanol–water partition coefficient (Wildman–Crippen LogP) is 13.8. The third kappa shape index (κ3) is 11.6. The van der Waals surface area contributed by atoms with Gasteiger partial charge in [0.1, 0.15) is 47.7 Å². The van der Waals surface area contributed by atoms with E-state index in [0.717, 1.165) is 32.7 Å². The first-order valence-corrected chi connectivity index (χ1v) is 26.1. The molecule has 0 atom stereocenters. The Labute approximate surface area is 448 Å². The van der Waals surface area contributed by atoms with Crippen molar-refractivity contribution in [2.24, 2.45) is 0 Å². The normalized spacial score (nSPS) is 10.8. The van der Waals surface area contributed by atoms with Gasteiger partial charge >= 0.3 is 44.8 Å². The molecule has 0 saturated heterocycles. The van der Waals surface area contributed by atoms with E-state index in [2.05, 4.69) is 233 Å². The van der Waals surface area contributed by atoms with Crippen molar-refractivity contribution in [1.29, 1.82) is 0 Å². The van der Waals surface area contributed by atoms with E-state index in [1.165, 1.54) is 58.9 Å². The minimum Gasteiger partial charge on any atom is -0.366 e. The molecule has 11 rings (SSSR count). The summed E-state index contributed by atoms with van der Waals surface area (Å²) in [6, 6.07) is 88.9. The largest absolute Gasteiger partial charge is 1.00 e. The number of fused-ring (bicyclic) bond motifs is 6. The Morgan fingerprint density at radius 1 is 0.329 bits per heavy atom. The third-order valence-corrected chi connectivity index (χ3v) is 18.3. The van der Waals surface area contributed by atoms with Crippen LogP contribution >= 0.6 is 15.8 Å². The summed E-state index contributed by atoms with van der Waals surface area (Å²) in [5.74, 6) is 5.02. The van der Waals surface area contributed by atoms with Crippen LogP contribution in [-0.4, -0.2) is 0 Å². The molecule has 4 heteroatoms. The van der Waals surface area contributed by atoms with Gasteiger partial charge in [-0.25, -0.2) is 0 Å². The van der Waals surface area contributed by atoms with Gasteiger partial charge in [0.25, 0.3) is 0 Å². The Morgan fingerprint density at radius 2 is 0.657 bits per heavy atom. The second-order valence-electron chi connectivity index (χ2n) is 17.9. The fraction of sp³-hybridized carbons (Fsp3) is 0.0606. The summed E-state index contributed by atoms with van der Waals surface area (Å²) in [7, 11) is -2.42. The van der Waals surface area contributed by atoms with E-state index < -0.39 is 15.8 Å². The quantitative estimate of drug-likeness (QED) is 0.0512. The topological polar surface area (TPSA) is 0 Å². The summed E-state index contributed by atoms with van der Waals surface area (Å²) in [4.78, 5) is 0. The van der Waals surface area contributed by atoms with Crippen molar-refractivity contribution in [3.05, 3.63) is 278 Å². The molecule has 0 spiro atoms. The van der Waals surface area contributed by atoms with Crippen LogP contribution in [0.25, 0.3) is 43.1 Å². The Bertz CT molecular complexity index is 3360. The van der Waals surface area contributed by atoms with Gasteiger partial charge in [0.05, 0.1) is 0 Å². The zero-order valence-corrected chi connectivity index (χ0v) is 44.2. The molecular weight excluding hydrogens is 1070 g/mol. The van der Waals surface area contributed by atoms with Gasteiger partial charge in [0, 0.05) is 0 Å². The van der Waals surface area contributed by atoms with Crippen LogP contribution in [0.4, 0.5) is 0 Å². The second kappa shape index (κ2) is 24.2. The molecule has 0 aliphatic carbocycles. The molecule has 346 valence electrons. The van der Waals surface area contributed by atoms with Crippen molar-refractivity contribution in [1.82, 2.24) is 0 Å². The molecule has 0 heterocycles. The van der Waals surface area contributed by atoms with Gasteiger partial charge in [-0.15, -0.1) is 23.3 Å². The van der Waals surface area contributed by atoms with Gasteiger partial charge in [-0.05, 0) is 104 Å². The number of benzene rings is 11. The van der Waals surface area contributed by atoms with Crippen molar-refractivity contribution >= 4 is 90.8 Å². The average Bonchev–Trinajstić information content (AvgIpc) is 3.40. The predicted molar refractivity (Wildman–Crippen MR) is 301 cm³/mol. The van der Waals surface area contributed by atoms with E-state index in [9.17, 15) is 0 Å². The summed E-state index contributed by atoms with van der Waals surface area (Å²) in [5.41, 5.74) is 3.20. The van der Waals surface area contributed by atoms with E-state index >= 15 is 0 Å². The maximum Gasteiger partial charge on any atom is 1.00 e. The fourth-order valence-corrected chi connectivity index (χ4v) is 15.1. The SMILES string of the molecule is CC(C)(C)c1ccc([PH+](c2ccccc2)c2ccccc2)c([PH+](c2ccccc2)c2ccccc2)c1.[Ag+].[Ag+].[C-]#Cc1cccc2ccc3ccccc3c12.[C-]#Cc1cccc2ccc3ccccc3c12. The van der Waals surface area contributed by atoms with E-state index in [0.29, 0.717) is 0 Å². The minimum absolute atomic E-state index is 0. The van der Waals surface area contributed by atoms with Crippen LogP contribution in [0.3, 0.4) is 0 Å². The van der Waals surface area contributed by atoms with Crippen LogP contribution in [0, 0.1) is 24.7 Å². The van der Waals surface area contributed by atoms with Gasteiger partial charge in [-0.1, -0.05) is 207 Å². The molecule has 0 aliphatic rings. The van der Waals surface area contributed by atoms with Crippen molar-refractivity contribution in [2.75, 3.05) is 0 Å². The zero-order chi connectivity index (χ0) is 46.9. The van der Waals surface area contributed by atoms with Crippen molar-refractivity contribution in [3.8, 4) is 11.8 Å². The smallest absolute Gasteiger partial charge is 0.366 e. The Morgan fingerprint density at radius 3 is 1.03 bits per heavy atom. The van der Waals surface area contributed by atoms with Crippen LogP contribution in [0.5, 0.6) is 0 Å². The molecule has 0 fully saturated rings. The van der Waals surface area contributed by atoms with E-state index in [-0.39, 0.29) is 50.2 Å². The van der Waals surface area contributed by atoms with Gasteiger partial charge < -0.3 is 12.8 Å². The Balaban J connectivity index is 0.000000175. The average molecular weight is 1120 g/mol. The maximum atomic E-state index is 7.35. The van der Waals surface area contributed by atoms with Crippen LogP contribution in [0.1, 0.15) is 37.5 Å². The fourth-order valence-electron chi connectivity index (χ4n) is 9.14. The van der Waals surface area contributed by atoms with Gasteiger partial charge in [0.2, 0.25) is 0 Å². The minimum atomic E-state index is -1.22. The van der Waals surface area contributed by atoms with Gasteiger partial charge in [-0.2, -0.15) is 0 Å². The second-order valence-corrected chi connectivity index (χ2v) is 22.7. The number of hydrogen-bond acceptors (Lipinski definition) is 0. The third-order valence-electron chi connectivity index (χ3n) is 12.5. The Hall–Kier alpha value is -6.08. The summed E-state index contributed by atoms with van der Waals surface area (Å²) < 4.78 is 0. The first-order valence-electron chi connectivity index (χ1n) is 23.1. The Kier molecular flexibility index (Phi) is 17.9. The molecule has 0 aromatic heterocycles. The summed E-state index contributed by atoms with van der Waals surface area (Å²) in [6.07, 6.45) is 14.7. The van der Waals surface area contributed by atoms with Crippen molar-refractivity contribution in [3.63, 3.8) is 0 Å². The zero-order valence-electron chi connectivity index (χ0n) is 39.3. The first kappa shape index (κ1) is 51.8. The first-order chi connectivity index (χ1) is 33.3. The molecule has 0 amide bonds. The molecule has 0 unspecified atom stereocenters. The molecule has 0 nitrogen and oxygen atoms in total. The van der Waals surface area contributed by atoms with Crippen LogP contribution in [0.15, 0.2) is 249 Å². The van der Waals surface area contributed by atoms with E-state index in [1.807, 2.05) is 48.5 Å². The van der Waals surface area contributed by atoms with Crippen molar-refractivity contribution < 1.29 is 44.8 Å². The van der Waals surface area contributed by atoms with Crippen LogP contribution in [-0.2, 0) is 50.2 Å². The summed E-state index contributed by atoms with van der Waals surface area (Å²) in [6.45, 7) is 6.97. The molecule has 11 aromatic carbocycles. The molecule has 0 radical (unpaired) electrons. The molecule has 11 aromatic rings. The molecular formula is C66H52Ag2P2+2. The van der Waals surface area contributed by atoms with Crippen LogP contribution < -0.4 is 31.8 Å². The molecule has 0 saturated carbocycles. The number of hydrogen-bond donors (Lipinski definition) is 0. The molecule has 0 aliphatic heterocycles. The van der Waals surface area contributed by atoms with Gasteiger partial charge in [0.15, 0.2) is 0 Å². The monoisotopic (exact) mass is 1120 g/mol. The van der Waals surface area contributed by atoms with E-state index in [1.54, 1.807) is 0 Å². The maximum absolute atomic E-state index is 7.35. The summed E-state index contributed by atoms with van der Waals surface area (Å²) in [5, 5.41) is 18.1. The molecule has 0 N–H and O–H groups in total. The standard InChI is InChI=1S/C34H32P2.2C16H9.2Ag/c1-34(2,3)27-24-25-32(35(28-16-8-4-9-17-28)29-18-10-5-11-19-29)33(26-27)36(30-20-12-6-13-21-30)31-22-14-7-15-23-31;2*1-2-12-7-5-8-14-11-10-13-6-3-4-9-15(13)16(12)14;;/h4-26H,1-3H3;2*3-11H;;/q;2*-1;2*+1/p+2. The summed E-state index contributed by atoms with van der Waals surface area (Å²) >= 11 is 0. The van der Waals surface area contributed by atoms with E-state index in [4.69, 9.17) is 12.8 Å². The molecule has 0 bridgehead atoms. The molecule has 70 heavy (non-hydrogen) atoms. The van der Waals surface area contributed by atoms with Crippen molar-refractivity contribution in [2.45, 2.75) is 26.2 Å². The van der Waals surface area contributed by atoms with Gasteiger partial charge in [-0.3, -0.25) is 11.8 Å². The number of rotatable bonds is 6.